The van der Waals surface area contributed by atoms with Crippen molar-refractivity contribution in [1.82, 2.24) is 34.9 Å². The number of nitrogens with one attached hydrogen (secondary N) is 3. The highest BCUT2D eigenvalue weighted by Gasteiger charge is 2.45. The molecule has 68 heavy (non-hydrogen) atoms. The number of aryl methyl sites for hydroxylation is 2. The predicted octanol–water partition coefficient (Wildman–Crippen LogP) is 6.66. The lowest BCUT2D eigenvalue weighted by molar-refractivity contribution is -0.136. The lowest BCUT2D eigenvalue weighted by Crippen LogP contribution is -2.54. The van der Waals surface area contributed by atoms with Gasteiger partial charge in [-0.15, -0.1) is 0 Å². The van der Waals surface area contributed by atoms with Crippen LogP contribution < -0.4 is 35.8 Å². The summed E-state index contributed by atoms with van der Waals surface area (Å²) >= 11 is 3.59. The largest absolute Gasteiger partial charge is 0.494 e. The first-order valence-electron chi connectivity index (χ1n) is 22.8. The number of anilines is 6. The van der Waals surface area contributed by atoms with E-state index in [0.717, 1.165) is 90.6 Å². The number of aromatic nitrogens is 4. The first-order chi connectivity index (χ1) is 32.5. The van der Waals surface area contributed by atoms with Gasteiger partial charge in [0.25, 0.3) is 11.8 Å². The fraction of sp³-hybridized carbons (Fsp3) is 0.396. The number of ether oxygens (including phenoxy) is 1. The zero-order valence-electron chi connectivity index (χ0n) is 38.6. The van der Waals surface area contributed by atoms with Crippen molar-refractivity contribution >= 4 is 86.5 Å². The van der Waals surface area contributed by atoms with Crippen LogP contribution in [0.15, 0.2) is 65.5 Å². The normalized spacial score (nSPS) is 18.3. The van der Waals surface area contributed by atoms with Crippen LogP contribution in [-0.2, 0) is 21.2 Å². The number of carbonyl (C=O) groups is 4. The van der Waals surface area contributed by atoms with Gasteiger partial charge in [0.05, 0.1) is 46.0 Å². The topological polar surface area (TPSA) is 187 Å². The van der Waals surface area contributed by atoms with Crippen molar-refractivity contribution in [3.63, 3.8) is 0 Å². The Morgan fingerprint density at radius 3 is 2.26 bits per heavy atom. The fourth-order valence-corrected chi connectivity index (χ4v) is 11.1. The number of benzene rings is 3. The van der Waals surface area contributed by atoms with Gasteiger partial charge in [-0.2, -0.15) is 10.1 Å². The van der Waals surface area contributed by atoms with Crippen LogP contribution in [-0.4, -0.2) is 125 Å². The average molecular weight is 1010 g/mol. The summed E-state index contributed by atoms with van der Waals surface area (Å²) in [6.45, 7) is 11.0. The minimum atomic E-state index is -2.60. The number of amides is 4. The number of piperazine rings is 1. The van der Waals surface area contributed by atoms with Crippen LogP contribution in [0.1, 0.15) is 58.4 Å². The van der Waals surface area contributed by atoms with E-state index in [1.54, 1.807) is 31.3 Å². The van der Waals surface area contributed by atoms with E-state index in [0.29, 0.717) is 52.4 Å². The van der Waals surface area contributed by atoms with Gasteiger partial charge >= 0.3 is 0 Å². The van der Waals surface area contributed by atoms with Crippen molar-refractivity contribution in [2.24, 2.45) is 13.0 Å². The Kier molecular flexibility index (Phi) is 13.2. The molecule has 0 spiro atoms. The highest BCUT2D eigenvalue weighted by Crippen LogP contribution is 2.42. The monoisotopic (exact) mass is 1010 g/mol. The second kappa shape index (κ2) is 19.1. The Bertz CT molecular complexity index is 2870. The summed E-state index contributed by atoms with van der Waals surface area (Å²) in [4.78, 5) is 67.8. The Morgan fingerprint density at radius 1 is 0.868 bits per heavy atom. The average Bonchev–Trinajstić information content (AvgIpc) is 3.85. The standard InChI is InChI=1S/C48H54BrFN11O6P/c1-28-6-7-36(42(20-28)68(4,5)66)53-44-34(49)26-51-48(56-44)54-37-22-31(30-25-52-57(2)27-30)39(24-41(37)67-3)60-18-16-58(17-19-60)13-10-29-11-14-59(15-12-29)40-23-33-32(21-35(40)50)46(64)61(47(33)65)38-8-9-43(62)55-45(38)63/h6-7,20-27,29,38H,8-19H2,1-5H3,(H,55,62,63)(H2,51,53,54,56). The number of halogens is 2. The number of rotatable bonds is 13. The molecule has 4 aliphatic rings. The SMILES string of the molecule is COc1cc(N2CCN(CCC3CCN(c4cc5c(cc4F)C(=O)N(C4CCC(=O)NC4=O)C5=O)CC3)CC2)c(-c2cnn(C)c2)cc1Nc1ncc(Br)c(Nc2ccc(C)cc2P(C)(C)=O)n1. The van der Waals surface area contributed by atoms with Crippen molar-refractivity contribution in [3.8, 4) is 16.9 Å². The van der Waals surface area contributed by atoms with Gasteiger partial charge in [-0.3, -0.25) is 39.0 Å². The van der Waals surface area contributed by atoms with Crippen LogP contribution >= 0.6 is 23.1 Å². The van der Waals surface area contributed by atoms with Crippen LogP contribution in [0.3, 0.4) is 0 Å². The number of imide groups is 2. The molecule has 0 bridgehead atoms. The molecule has 0 aliphatic carbocycles. The van der Waals surface area contributed by atoms with Gasteiger partial charge in [0, 0.05) is 93.3 Å². The Labute approximate surface area is 402 Å². The second-order valence-electron chi connectivity index (χ2n) is 18.3. The summed E-state index contributed by atoms with van der Waals surface area (Å²) in [6.07, 6.45) is 8.29. The maximum absolute atomic E-state index is 15.6. The maximum Gasteiger partial charge on any atom is 0.262 e. The number of carbonyl (C=O) groups excluding carboxylic acids is 4. The molecule has 6 heterocycles. The summed E-state index contributed by atoms with van der Waals surface area (Å²) in [5.41, 5.74) is 5.65. The highest BCUT2D eigenvalue weighted by atomic mass is 79.9. The number of piperidine rings is 2. The van der Waals surface area contributed by atoms with Crippen LogP contribution in [0.5, 0.6) is 5.75 Å². The molecule has 0 saturated carbocycles. The molecule has 0 radical (unpaired) electrons. The summed E-state index contributed by atoms with van der Waals surface area (Å²) in [7, 11) is 0.932. The lowest BCUT2D eigenvalue weighted by Gasteiger charge is -2.39. The van der Waals surface area contributed by atoms with Crippen molar-refractivity contribution in [2.45, 2.75) is 45.1 Å². The molecule has 4 amide bonds. The van der Waals surface area contributed by atoms with Gasteiger partial charge < -0.3 is 29.7 Å². The molecule has 20 heteroatoms. The molecule has 9 rings (SSSR count). The summed E-state index contributed by atoms with van der Waals surface area (Å²) < 4.78 is 37.2. The molecule has 3 saturated heterocycles. The Morgan fingerprint density at radius 2 is 1.59 bits per heavy atom. The molecular formula is C48H54BrFN11O6P. The third kappa shape index (κ3) is 9.60. The summed E-state index contributed by atoms with van der Waals surface area (Å²) in [5, 5.41) is 14.2. The van der Waals surface area contributed by atoms with Crippen LogP contribution in [0, 0.1) is 18.7 Å². The van der Waals surface area contributed by atoms with Crippen molar-refractivity contribution < 1.29 is 32.9 Å². The van der Waals surface area contributed by atoms with Gasteiger partial charge in [-0.1, -0.05) is 11.6 Å². The summed E-state index contributed by atoms with van der Waals surface area (Å²) in [6, 6.07) is 11.4. The molecule has 5 aromatic rings. The van der Waals surface area contributed by atoms with Gasteiger partial charge in [0.1, 0.15) is 30.6 Å². The predicted molar refractivity (Wildman–Crippen MR) is 263 cm³/mol. The zero-order chi connectivity index (χ0) is 48.0. The number of hydrogen-bond donors (Lipinski definition) is 3. The highest BCUT2D eigenvalue weighted by molar-refractivity contribution is 9.10. The number of hydrogen-bond acceptors (Lipinski definition) is 14. The number of nitrogens with zero attached hydrogens (tertiary/aromatic N) is 8. The van der Waals surface area contributed by atoms with Gasteiger partial charge in [0.15, 0.2) is 0 Å². The molecule has 2 aromatic heterocycles. The van der Waals surface area contributed by atoms with Gasteiger partial charge in [0.2, 0.25) is 17.8 Å². The van der Waals surface area contributed by atoms with E-state index in [2.05, 4.69) is 57.8 Å². The Hall–Kier alpha value is -6.17. The van der Waals surface area contributed by atoms with Crippen LogP contribution in [0.25, 0.3) is 11.1 Å². The molecule has 1 unspecified atom stereocenters. The van der Waals surface area contributed by atoms with E-state index in [1.807, 2.05) is 55.5 Å². The van der Waals surface area contributed by atoms with E-state index >= 15 is 4.39 Å². The smallest absolute Gasteiger partial charge is 0.262 e. The molecule has 1 atom stereocenters. The van der Waals surface area contributed by atoms with Crippen molar-refractivity contribution in [3.05, 3.63) is 88.0 Å². The van der Waals surface area contributed by atoms with E-state index in [4.69, 9.17) is 9.72 Å². The third-order valence-electron chi connectivity index (χ3n) is 13.3. The number of fused-ring (bicyclic) bond motifs is 1. The Balaban J connectivity index is 0.830. The second-order valence-corrected chi connectivity index (χ2v) is 22.4. The quantitative estimate of drug-likeness (QED) is 0.0840. The molecule has 3 N–H and O–H groups in total. The molecule has 4 aliphatic heterocycles. The molecule has 17 nitrogen and oxygen atoms in total. The number of methoxy groups -OCH3 is 1. The van der Waals surface area contributed by atoms with Crippen molar-refractivity contribution in [1.29, 1.82) is 0 Å². The van der Waals surface area contributed by atoms with E-state index in [-0.39, 0.29) is 29.7 Å². The molecule has 3 fully saturated rings. The zero-order valence-corrected chi connectivity index (χ0v) is 41.1. The van der Waals surface area contributed by atoms with E-state index < -0.39 is 42.6 Å². The van der Waals surface area contributed by atoms with E-state index in [9.17, 15) is 23.7 Å². The van der Waals surface area contributed by atoms with E-state index in [1.165, 1.54) is 6.07 Å². The van der Waals surface area contributed by atoms with Gasteiger partial charge in [-0.25, -0.2) is 9.37 Å². The maximum atomic E-state index is 15.6. The first kappa shape index (κ1) is 46.9. The summed E-state index contributed by atoms with van der Waals surface area (Å²) in [5.74, 6) is -1.18. The molecule has 356 valence electrons. The van der Waals surface area contributed by atoms with Crippen LogP contribution in [0.2, 0.25) is 0 Å². The van der Waals surface area contributed by atoms with Crippen LogP contribution in [0.4, 0.5) is 38.9 Å². The van der Waals surface area contributed by atoms with Gasteiger partial charge in [-0.05, 0) is 105 Å². The first-order valence-corrected chi connectivity index (χ1v) is 26.1. The third-order valence-corrected chi connectivity index (χ3v) is 15.5. The minimum Gasteiger partial charge on any atom is -0.494 e. The fourth-order valence-electron chi connectivity index (χ4n) is 9.61. The molecular weight excluding hydrogens is 956 g/mol. The molecule has 3 aromatic carbocycles. The van der Waals surface area contributed by atoms with Crippen molar-refractivity contribution in [2.75, 3.05) is 86.7 Å². The minimum absolute atomic E-state index is 0.0141. The lowest BCUT2D eigenvalue weighted by atomic mass is 9.92.